The number of carbonyl (C=O) groups excluding carboxylic acids is 1. The molecule has 2 rings (SSSR count). The SMILES string of the molecule is O=C(O)C[C@H](NC(=O)C1CCOCC1)c1cccs1. The summed E-state index contributed by atoms with van der Waals surface area (Å²) in [5.74, 6) is -1.04. The molecule has 0 bridgehead atoms. The van der Waals surface area contributed by atoms with Crippen molar-refractivity contribution in [3.63, 3.8) is 0 Å². The quantitative estimate of drug-likeness (QED) is 0.864. The third-order valence-electron chi connectivity index (χ3n) is 3.17. The van der Waals surface area contributed by atoms with Gasteiger partial charge in [-0.05, 0) is 24.3 Å². The molecular formula is C13H17NO4S. The lowest BCUT2D eigenvalue weighted by Gasteiger charge is -2.24. The number of aliphatic carboxylic acids is 1. The lowest BCUT2D eigenvalue weighted by atomic mass is 9.98. The number of nitrogens with one attached hydrogen (secondary N) is 1. The summed E-state index contributed by atoms with van der Waals surface area (Å²) < 4.78 is 5.22. The first-order valence-electron chi connectivity index (χ1n) is 6.30. The fraction of sp³-hybridized carbons (Fsp3) is 0.538. The van der Waals surface area contributed by atoms with Crippen molar-refractivity contribution in [2.75, 3.05) is 13.2 Å². The van der Waals surface area contributed by atoms with Gasteiger partial charge in [-0.15, -0.1) is 11.3 Å². The molecule has 1 saturated heterocycles. The van der Waals surface area contributed by atoms with Gasteiger partial charge >= 0.3 is 5.97 Å². The first-order chi connectivity index (χ1) is 9.16. The average Bonchev–Trinajstić information content (AvgIpc) is 2.92. The summed E-state index contributed by atoms with van der Waals surface area (Å²) in [4.78, 5) is 23.9. The Morgan fingerprint density at radius 3 is 2.79 bits per heavy atom. The summed E-state index contributed by atoms with van der Waals surface area (Å²) in [5, 5.41) is 13.7. The van der Waals surface area contributed by atoms with Crippen molar-refractivity contribution >= 4 is 23.2 Å². The Hall–Kier alpha value is -1.40. The molecule has 1 fully saturated rings. The molecule has 2 heterocycles. The van der Waals surface area contributed by atoms with Gasteiger partial charge in [0.1, 0.15) is 0 Å². The van der Waals surface area contributed by atoms with Crippen LogP contribution in [0.25, 0.3) is 0 Å². The molecule has 2 N–H and O–H groups in total. The van der Waals surface area contributed by atoms with Gasteiger partial charge < -0.3 is 15.2 Å². The van der Waals surface area contributed by atoms with Gasteiger partial charge in [-0.25, -0.2) is 0 Å². The fourth-order valence-corrected chi connectivity index (χ4v) is 2.91. The zero-order valence-corrected chi connectivity index (χ0v) is 11.3. The van der Waals surface area contributed by atoms with Crippen LogP contribution in [0, 0.1) is 5.92 Å². The van der Waals surface area contributed by atoms with Gasteiger partial charge in [-0.1, -0.05) is 6.07 Å². The number of carboxylic acid groups (broad SMARTS) is 1. The van der Waals surface area contributed by atoms with Crippen molar-refractivity contribution in [2.24, 2.45) is 5.92 Å². The first-order valence-corrected chi connectivity index (χ1v) is 7.18. The van der Waals surface area contributed by atoms with Crippen LogP contribution < -0.4 is 5.32 Å². The highest BCUT2D eigenvalue weighted by Crippen LogP contribution is 2.24. The highest BCUT2D eigenvalue weighted by molar-refractivity contribution is 7.10. The van der Waals surface area contributed by atoms with Gasteiger partial charge in [0.05, 0.1) is 12.5 Å². The second-order valence-corrected chi connectivity index (χ2v) is 5.54. The third-order valence-corrected chi connectivity index (χ3v) is 4.16. The van der Waals surface area contributed by atoms with Crippen LogP contribution >= 0.6 is 11.3 Å². The predicted octanol–water partition coefficient (Wildman–Crippen LogP) is 1.81. The Morgan fingerprint density at radius 2 is 2.21 bits per heavy atom. The van der Waals surface area contributed by atoms with Crippen molar-refractivity contribution in [2.45, 2.75) is 25.3 Å². The zero-order valence-electron chi connectivity index (χ0n) is 10.5. The molecule has 1 amide bonds. The summed E-state index contributed by atoms with van der Waals surface area (Å²) in [7, 11) is 0. The van der Waals surface area contributed by atoms with Gasteiger partial charge in [0.2, 0.25) is 5.91 Å². The third kappa shape index (κ3) is 4.04. The maximum absolute atomic E-state index is 12.1. The van der Waals surface area contributed by atoms with Crippen LogP contribution in [0.4, 0.5) is 0 Å². The molecule has 0 aromatic carbocycles. The van der Waals surface area contributed by atoms with Crippen molar-refractivity contribution in [3.05, 3.63) is 22.4 Å². The van der Waals surface area contributed by atoms with Gasteiger partial charge in [0.15, 0.2) is 0 Å². The predicted molar refractivity (Wildman–Crippen MR) is 71.0 cm³/mol. The van der Waals surface area contributed by atoms with Gasteiger partial charge in [0.25, 0.3) is 0 Å². The highest BCUT2D eigenvalue weighted by Gasteiger charge is 2.25. The number of amides is 1. The van der Waals surface area contributed by atoms with E-state index in [1.54, 1.807) is 0 Å². The van der Waals surface area contributed by atoms with E-state index < -0.39 is 12.0 Å². The maximum atomic E-state index is 12.1. The number of hydrogen-bond donors (Lipinski definition) is 2. The van der Waals surface area contributed by atoms with Crippen LogP contribution in [0.2, 0.25) is 0 Å². The standard InChI is InChI=1S/C13H17NO4S/c15-12(16)8-10(11-2-1-7-19-11)14-13(17)9-3-5-18-6-4-9/h1-2,7,9-10H,3-6,8H2,(H,14,17)(H,15,16)/t10-/m0/s1. The molecule has 0 unspecified atom stereocenters. The second kappa shape index (κ2) is 6.68. The monoisotopic (exact) mass is 283 g/mol. The Kier molecular flexibility index (Phi) is 4.93. The molecule has 0 aliphatic carbocycles. The fourth-order valence-electron chi connectivity index (χ4n) is 2.14. The summed E-state index contributed by atoms with van der Waals surface area (Å²) in [5.41, 5.74) is 0. The lowest BCUT2D eigenvalue weighted by molar-refractivity contribution is -0.138. The van der Waals surface area contributed by atoms with E-state index in [-0.39, 0.29) is 18.2 Å². The topological polar surface area (TPSA) is 75.6 Å². The molecule has 0 saturated carbocycles. The zero-order chi connectivity index (χ0) is 13.7. The molecule has 1 aliphatic heterocycles. The van der Waals surface area contributed by atoms with E-state index in [0.717, 1.165) is 4.88 Å². The number of rotatable bonds is 5. The molecular weight excluding hydrogens is 266 g/mol. The minimum Gasteiger partial charge on any atom is -0.481 e. The molecule has 0 radical (unpaired) electrons. The maximum Gasteiger partial charge on any atom is 0.305 e. The summed E-state index contributed by atoms with van der Waals surface area (Å²) in [6.07, 6.45) is 1.32. The Labute approximate surface area is 115 Å². The summed E-state index contributed by atoms with van der Waals surface area (Å²) in [6.45, 7) is 1.20. The molecule has 19 heavy (non-hydrogen) atoms. The first kappa shape index (κ1) is 14.0. The number of hydrogen-bond acceptors (Lipinski definition) is 4. The molecule has 6 heteroatoms. The van der Waals surface area contributed by atoms with Crippen molar-refractivity contribution in [1.82, 2.24) is 5.32 Å². The molecule has 1 aliphatic rings. The number of carbonyl (C=O) groups is 2. The van der Waals surface area contributed by atoms with Gasteiger partial charge in [-0.3, -0.25) is 9.59 Å². The highest BCUT2D eigenvalue weighted by atomic mass is 32.1. The Balaban J connectivity index is 1.99. The van der Waals surface area contributed by atoms with Crippen LogP contribution in [0.5, 0.6) is 0 Å². The van der Waals surface area contributed by atoms with Gasteiger partial charge in [0, 0.05) is 24.0 Å². The van der Waals surface area contributed by atoms with E-state index >= 15 is 0 Å². The average molecular weight is 283 g/mol. The van der Waals surface area contributed by atoms with E-state index in [9.17, 15) is 9.59 Å². The smallest absolute Gasteiger partial charge is 0.305 e. The van der Waals surface area contributed by atoms with Gasteiger partial charge in [-0.2, -0.15) is 0 Å². The van der Waals surface area contributed by atoms with E-state index in [0.29, 0.717) is 26.1 Å². The van der Waals surface area contributed by atoms with Crippen LogP contribution in [-0.4, -0.2) is 30.2 Å². The summed E-state index contributed by atoms with van der Waals surface area (Å²) >= 11 is 1.46. The minimum atomic E-state index is -0.911. The van der Waals surface area contributed by atoms with Crippen LogP contribution in [-0.2, 0) is 14.3 Å². The van der Waals surface area contributed by atoms with E-state index in [1.807, 2.05) is 17.5 Å². The Morgan fingerprint density at radius 1 is 1.47 bits per heavy atom. The lowest BCUT2D eigenvalue weighted by Crippen LogP contribution is -2.37. The number of carboxylic acids is 1. The van der Waals surface area contributed by atoms with Crippen LogP contribution in [0.1, 0.15) is 30.2 Å². The van der Waals surface area contributed by atoms with Crippen molar-refractivity contribution in [1.29, 1.82) is 0 Å². The summed E-state index contributed by atoms with van der Waals surface area (Å²) in [6, 6.07) is 3.27. The van der Waals surface area contributed by atoms with Crippen LogP contribution in [0.15, 0.2) is 17.5 Å². The normalized spacial score (nSPS) is 17.9. The largest absolute Gasteiger partial charge is 0.481 e. The molecule has 104 valence electrons. The molecule has 1 aromatic rings. The molecule has 1 aromatic heterocycles. The Bertz CT molecular complexity index is 426. The number of ether oxygens (including phenoxy) is 1. The second-order valence-electron chi connectivity index (χ2n) is 4.56. The van der Waals surface area contributed by atoms with E-state index in [1.165, 1.54) is 11.3 Å². The number of thiophene rings is 1. The minimum absolute atomic E-state index is 0.0648. The molecule has 0 spiro atoms. The molecule has 5 nitrogen and oxygen atoms in total. The van der Waals surface area contributed by atoms with Crippen molar-refractivity contribution < 1.29 is 19.4 Å². The van der Waals surface area contributed by atoms with Crippen molar-refractivity contribution in [3.8, 4) is 0 Å². The van der Waals surface area contributed by atoms with Crippen LogP contribution in [0.3, 0.4) is 0 Å². The van der Waals surface area contributed by atoms with E-state index in [4.69, 9.17) is 9.84 Å². The molecule has 1 atom stereocenters. The van der Waals surface area contributed by atoms with E-state index in [2.05, 4.69) is 5.32 Å².